The van der Waals surface area contributed by atoms with E-state index in [-0.39, 0.29) is 42.3 Å². The molecule has 0 fully saturated rings. The number of aryl methyl sites for hydroxylation is 1. The number of imide groups is 1. The Morgan fingerprint density at radius 1 is 1.19 bits per heavy atom. The highest BCUT2D eigenvalue weighted by Gasteiger charge is 2.34. The molecular formula is C18H22IN5O2S. The number of aromatic nitrogens is 1. The topological polar surface area (TPSA) is 86.7 Å². The van der Waals surface area contributed by atoms with E-state index in [1.807, 2.05) is 20.0 Å². The van der Waals surface area contributed by atoms with E-state index in [2.05, 4.69) is 20.6 Å². The molecule has 0 atom stereocenters. The molecule has 1 aliphatic heterocycles. The molecule has 9 heteroatoms. The maximum Gasteiger partial charge on any atom is 0.261 e. The Labute approximate surface area is 179 Å². The third kappa shape index (κ3) is 5.04. The maximum atomic E-state index is 12.3. The van der Waals surface area contributed by atoms with Gasteiger partial charge < -0.3 is 10.6 Å². The molecular weight excluding hydrogens is 477 g/mol. The van der Waals surface area contributed by atoms with Gasteiger partial charge in [-0.15, -0.1) is 35.3 Å². The van der Waals surface area contributed by atoms with Gasteiger partial charge in [-0.3, -0.25) is 14.5 Å². The SMILES string of the molecule is CCNC(=NCc1ncc(C)s1)NCCN1C(=O)c2ccccc2C1=O.I. The molecule has 2 heterocycles. The van der Waals surface area contributed by atoms with Crippen molar-refractivity contribution in [3.8, 4) is 0 Å². The summed E-state index contributed by atoms with van der Waals surface area (Å²) in [6.07, 6.45) is 1.83. The lowest BCUT2D eigenvalue weighted by atomic mass is 10.1. The van der Waals surface area contributed by atoms with E-state index >= 15 is 0 Å². The fourth-order valence-electron chi connectivity index (χ4n) is 2.69. The quantitative estimate of drug-likeness (QED) is 0.276. The van der Waals surface area contributed by atoms with Crippen LogP contribution in [0.15, 0.2) is 35.5 Å². The zero-order chi connectivity index (χ0) is 18.5. The number of halogens is 1. The number of fused-ring (bicyclic) bond motifs is 1. The summed E-state index contributed by atoms with van der Waals surface area (Å²) in [5, 5.41) is 7.26. The largest absolute Gasteiger partial charge is 0.357 e. The summed E-state index contributed by atoms with van der Waals surface area (Å²) in [6, 6.07) is 6.90. The normalized spacial score (nSPS) is 13.4. The van der Waals surface area contributed by atoms with Crippen LogP contribution in [0.5, 0.6) is 0 Å². The fraction of sp³-hybridized carbons (Fsp3) is 0.333. The van der Waals surface area contributed by atoms with Crippen LogP contribution in [0, 0.1) is 6.92 Å². The molecule has 0 spiro atoms. The van der Waals surface area contributed by atoms with Crippen molar-refractivity contribution in [3.63, 3.8) is 0 Å². The van der Waals surface area contributed by atoms with Gasteiger partial charge in [0.25, 0.3) is 11.8 Å². The Hall–Kier alpha value is -2.01. The minimum Gasteiger partial charge on any atom is -0.357 e. The van der Waals surface area contributed by atoms with Gasteiger partial charge in [0.2, 0.25) is 0 Å². The van der Waals surface area contributed by atoms with Crippen molar-refractivity contribution in [3.05, 3.63) is 51.5 Å². The Morgan fingerprint density at radius 3 is 2.41 bits per heavy atom. The van der Waals surface area contributed by atoms with Crippen LogP contribution in [0.4, 0.5) is 0 Å². The number of carbonyl (C=O) groups excluding carboxylic acids is 2. The lowest BCUT2D eigenvalue weighted by Crippen LogP contribution is -2.43. The Morgan fingerprint density at radius 2 is 1.85 bits per heavy atom. The average molecular weight is 499 g/mol. The summed E-state index contributed by atoms with van der Waals surface area (Å²) >= 11 is 1.61. The summed E-state index contributed by atoms with van der Waals surface area (Å²) in [5.41, 5.74) is 0.939. The minimum atomic E-state index is -0.243. The molecule has 0 radical (unpaired) electrons. The number of hydrogen-bond acceptors (Lipinski definition) is 5. The van der Waals surface area contributed by atoms with Crippen LogP contribution in [0.1, 0.15) is 37.5 Å². The number of nitrogens with zero attached hydrogens (tertiary/aromatic N) is 3. The lowest BCUT2D eigenvalue weighted by molar-refractivity contribution is 0.0657. The fourth-order valence-corrected chi connectivity index (χ4v) is 3.40. The molecule has 144 valence electrons. The van der Waals surface area contributed by atoms with Gasteiger partial charge in [0.15, 0.2) is 5.96 Å². The predicted molar refractivity (Wildman–Crippen MR) is 117 cm³/mol. The molecule has 2 aromatic rings. The molecule has 2 N–H and O–H groups in total. The van der Waals surface area contributed by atoms with Crippen LogP contribution in [0.25, 0.3) is 0 Å². The van der Waals surface area contributed by atoms with Crippen LogP contribution in [0.3, 0.4) is 0 Å². The first-order chi connectivity index (χ1) is 12.6. The van der Waals surface area contributed by atoms with E-state index in [1.165, 1.54) is 4.90 Å². The Bertz CT molecular complexity index is 817. The summed E-state index contributed by atoms with van der Waals surface area (Å²) in [5.74, 6) is 0.150. The van der Waals surface area contributed by atoms with Gasteiger partial charge in [0.05, 0.1) is 17.7 Å². The second kappa shape index (κ2) is 9.79. The molecule has 0 unspecified atom stereocenters. The first-order valence-electron chi connectivity index (χ1n) is 8.49. The third-order valence-corrected chi connectivity index (χ3v) is 4.79. The molecule has 0 bridgehead atoms. The first-order valence-corrected chi connectivity index (χ1v) is 9.30. The molecule has 27 heavy (non-hydrogen) atoms. The van der Waals surface area contributed by atoms with Gasteiger partial charge in [-0.1, -0.05) is 12.1 Å². The lowest BCUT2D eigenvalue weighted by Gasteiger charge is -2.16. The van der Waals surface area contributed by atoms with Crippen LogP contribution >= 0.6 is 35.3 Å². The van der Waals surface area contributed by atoms with E-state index in [9.17, 15) is 9.59 Å². The van der Waals surface area contributed by atoms with E-state index in [1.54, 1.807) is 35.6 Å². The van der Waals surface area contributed by atoms with Crippen LogP contribution < -0.4 is 10.6 Å². The van der Waals surface area contributed by atoms with Gasteiger partial charge >= 0.3 is 0 Å². The molecule has 7 nitrogen and oxygen atoms in total. The number of benzene rings is 1. The molecule has 0 saturated heterocycles. The van der Waals surface area contributed by atoms with Gasteiger partial charge in [-0.05, 0) is 26.0 Å². The van der Waals surface area contributed by atoms with Gasteiger partial charge in [-0.25, -0.2) is 9.98 Å². The van der Waals surface area contributed by atoms with Crippen LogP contribution in [-0.4, -0.2) is 47.3 Å². The number of guanidine groups is 1. The average Bonchev–Trinajstić information content (AvgIpc) is 3.16. The minimum absolute atomic E-state index is 0. The van der Waals surface area contributed by atoms with Gasteiger partial charge in [0, 0.05) is 30.7 Å². The smallest absolute Gasteiger partial charge is 0.261 e. The summed E-state index contributed by atoms with van der Waals surface area (Å²) < 4.78 is 0. The molecule has 2 amide bonds. The number of aliphatic imine (C=N–C) groups is 1. The molecule has 1 aromatic carbocycles. The van der Waals surface area contributed by atoms with Gasteiger partial charge in [-0.2, -0.15) is 0 Å². The second-order valence-corrected chi connectivity index (χ2v) is 7.11. The zero-order valence-electron chi connectivity index (χ0n) is 15.2. The summed E-state index contributed by atoms with van der Waals surface area (Å²) in [4.78, 5) is 35.9. The van der Waals surface area contributed by atoms with E-state index < -0.39 is 0 Å². The number of rotatable bonds is 6. The maximum absolute atomic E-state index is 12.3. The molecule has 1 aliphatic rings. The molecule has 0 saturated carbocycles. The first kappa shape index (κ1) is 21.3. The van der Waals surface area contributed by atoms with Crippen LogP contribution in [-0.2, 0) is 6.54 Å². The summed E-state index contributed by atoms with van der Waals surface area (Å²) in [6.45, 7) is 5.91. The van der Waals surface area contributed by atoms with Crippen molar-refractivity contribution in [1.29, 1.82) is 0 Å². The predicted octanol–water partition coefficient (Wildman–Crippen LogP) is 2.42. The number of carbonyl (C=O) groups is 2. The van der Waals surface area contributed by atoms with Gasteiger partial charge in [0.1, 0.15) is 5.01 Å². The number of nitrogens with one attached hydrogen (secondary N) is 2. The molecule has 3 rings (SSSR count). The molecule has 0 aliphatic carbocycles. The standard InChI is InChI=1S/C18H21N5O2S.HI/c1-3-19-18(22-11-15-21-10-12(2)26-15)20-8-9-23-16(24)13-6-4-5-7-14(13)17(23)25;/h4-7,10H,3,8-9,11H2,1-2H3,(H2,19,20,22);1H. The highest BCUT2D eigenvalue weighted by Crippen LogP contribution is 2.21. The van der Waals surface area contributed by atoms with Crippen molar-refractivity contribution in [1.82, 2.24) is 20.5 Å². The van der Waals surface area contributed by atoms with Crippen molar-refractivity contribution in [2.24, 2.45) is 4.99 Å². The highest BCUT2D eigenvalue weighted by atomic mass is 127. The van der Waals surface area contributed by atoms with Crippen molar-refractivity contribution < 1.29 is 9.59 Å². The Kier molecular flexibility index (Phi) is 7.72. The monoisotopic (exact) mass is 499 g/mol. The third-order valence-electron chi connectivity index (χ3n) is 3.89. The van der Waals surface area contributed by atoms with E-state index in [0.717, 1.165) is 16.4 Å². The van der Waals surface area contributed by atoms with Crippen molar-refractivity contribution >= 4 is 53.1 Å². The number of amides is 2. The van der Waals surface area contributed by atoms with E-state index in [4.69, 9.17) is 0 Å². The molecule has 1 aromatic heterocycles. The number of hydrogen-bond donors (Lipinski definition) is 2. The zero-order valence-corrected chi connectivity index (χ0v) is 18.3. The summed E-state index contributed by atoms with van der Waals surface area (Å²) in [7, 11) is 0. The van der Waals surface area contributed by atoms with Crippen LogP contribution in [0.2, 0.25) is 0 Å². The van der Waals surface area contributed by atoms with Crippen molar-refractivity contribution in [2.45, 2.75) is 20.4 Å². The number of thiazole rings is 1. The Balaban J connectivity index is 0.00000261. The van der Waals surface area contributed by atoms with Crippen molar-refractivity contribution in [2.75, 3.05) is 19.6 Å². The highest BCUT2D eigenvalue weighted by molar-refractivity contribution is 14.0. The van der Waals surface area contributed by atoms with E-state index in [0.29, 0.717) is 30.2 Å². The second-order valence-electron chi connectivity index (χ2n) is 5.79.